The van der Waals surface area contributed by atoms with Crippen molar-refractivity contribution in [1.29, 1.82) is 0 Å². The van der Waals surface area contributed by atoms with E-state index in [0.29, 0.717) is 23.1 Å². The topological polar surface area (TPSA) is 97.3 Å². The summed E-state index contributed by atoms with van der Waals surface area (Å²) in [6.07, 6.45) is 0. The zero-order valence-electron chi connectivity index (χ0n) is 16.3. The number of hydrogen-bond acceptors (Lipinski definition) is 6. The van der Waals surface area contributed by atoms with Gasteiger partial charge in [0.25, 0.3) is 5.69 Å². The average molecular weight is 411 g/mol. The summed E-state index contributed by atoms with van der Waals surface area (Å²) in [4.78, 5) is 12.4. The summed E-state index contributed by atoms with van der Waals surface area (Å²) in [5.41, 5.74) is 2.49. The molecule has 2 aromatic carbocycles. The lowest BCUT2D eigenvalue weighted by Crippen LogP contribution is -2.39. The molecule has 29 heavy (non-hydrogen) atoms. The number of nitro benzene ring substituents is 1. The van der Waals surface area contributed by atoms with Crippen LogP contribution < -0.4 is 5.32 Å². The Morgan fingerprint density at radius 3 is 2.69 bits per heavy atom. The molecule has 0 radical (unpaired) electrons. The Hall–Kier alpha value is -3.33. The van der Waals surface area contributed by atoms with Gasteiger partial charge in [0, 0.05) is 29.4 Å². The fraction of sp³-hybridized carbons (Fsp3) is 0.250. The van der Waals surface area contributed by atoms with Crippen LogP contribution in [0.1, 0.15) is 25.3 Å². The van der Waals surface area contributed by atoms with E-state index in [4.69, 9.17) is 16.6 Å². The van der Waals surface area contributed by atoms with Crippen LogP contribution in [0, 0.1) is 17.0 Å². The minimum absolute atomic E-state index is 0.0327. The summed E-state index contributed by atoms with van der Waals surface area (Å²) in [7, 11) is 0. The predicted octanol–water partition coefficient (Wildman–Crippen LogP) is 4.56. The molecule has 8 nitrogen and oxygen atoms in total. The highest BCUT2D eigenvalue weighted by Crippen LogP contribution is 2.23. The lowest BCUT2D eigenvalue weighted by Gasteiger charge is -2.28. The largest absolute Gasteiger partial charge is 0.419 e. The molecule has 1 heterocycles. The molecule has 0 bridgehead atoms. The van der Waals surface area contributed by atoms with Gasteiger partial charge in [-0.3, -0.25) is 10.1 Å². The second kappa shape index (κ2) is 8.78. The van der Waals surface area contributed by atoms with Crippen LogP contribution in [-0.4, -0.2) is 31.2 Å². The van der Waals surface area contributed by atoms with Crippen LogP contribution in [0.25, 0.3) is 11.5 Å². The summed E-state index contributed by atoms with van der Waals surface area (Å²) < 4.78 is 5.74. The number of non-ortho nitro benzene ring substituents is 1. The molecule has 3 aromatic rings. The molecule has 0 atom stereocenters. The maximum absolute atomic E-state index is 11.0. The Kier molecular flexibility index (Phi) is 6.18. The summed E-state index contributed by atoms with van der Waals surface area (Å²) >= 11 is 5.59. The highest BCUT2D eigenvalue weighted by atomic mass is 32.1. The van der Waals surface area contributed by atoms with Crippen molar-refractivity contribution >= 4 is 28.7 Å². The van der Waals surface area contributed by atoms with Crippen LogP contribution in [0.15, 0.2) is 52.9 Å². The van der Waals surface area contributed by atoms with Gasteiger partial charge < -0.3 is 14.6 Å². The molecule has 0 saturated carbocycles. The molecule has 0 aliphatic rings. The van der Waals surface area contributed by atoms with E-state index in [1.165, 1.54) is 12.1 Å². The average Bonchev–Trinajstić information content (AvgIpc) is 3.16. The highest BCUT2D eigenvalue weighted by Gasteiger charge is 2.19. The third kappa shape index (κ3) is 4.94. The van der Waals surface area contributed by atoms with Crippen molar-refractivity contribution in [1.82, 2.24) is 15.1 Å². The van der Waals surface area contributed by atoms with Crippen molar-refractivity contribution in [2.75, 3.05) is 5.32 Å². The number of aryl methyl sites for hydroxylation is 1. The number of aromatic nitrogens is 2. The molecule has 0 amide bonds. The fourth-order valence-electron chi connectivity index (χ4n) is 2.72. The van der Waals surface area contributed by atoms with Gasteiger partial charge in [0.2, 0.25) is 11.8 Å². The number of para-hydroxylation sites is 1. The van der Waals surface area contributed by atoms with E-state index in [1.54, 1.807) is 12.1 Å². The van der Waals surface area contributed by atoms with Gasteiger partial charge in [0.1, 0.15) is 0 Å². The second-order valence-electron chi connectivity index (χ2n) is 6.78. The molecule has 0 aliphatic carbocycles. The molecule has 0 spiro atoms. The van der Waals surface area contributed by atoms with Crippen molar-refractivity contribution in [3.05, 3.63) is 70.1 Å². The first kappa shape index (κ1) is 20.4. The van der Waals surface area contributed by atoms with Gasteiger partial charge in [0.15, 0.2) is 5.11 Å². The lowest BCUT2D eigenvalue weighted by atomic mass is 10.2. The third-order valence-corrected chi connectivity index (χ3v) is 4.68. The first-order valence-electron chi connectivity index (χ1n) is 9.05. The smallest absolute Gasteiger partial charge is 0.270 e. The molecule has 9 heteroatoms. The van der Waals surface area contributed by atoms with Crippen molar-refractivity contribution in [3.63, 3.8) is 0 Å². The first-order valence-corrected chi connectivity index (χ1v) is 9.46. The number of rotatable bonds is 6. The Morgan fingerprint density at radius 2 is 2.00 bits per heavy atom. The van der Waals surface area contributed by atoms with Crippen molar-refractivity contribution in [2.24, 2.45) is 0 Å². The molecule has 0 unspecified atom stereocenters. The standard InChI is InChI=1S/C20H21N5O3S/c1-13(2)24(20(29)21-17-10-5-4-7-14(17)3)12-18-22-23-19(28-18)15-8-6-9-16(11-15)25(26)27/h4-11,13H,12H2,1-3H3,(H,21,29). The van der Waals surface area contributed by atoms with Gasteiger partial charge in [-0.2, -0.15) is 0 Å². The Bertz CT molecular complexity index is 1030. The predicted molar refractivity (Wildman–Crippen MR) is 114 cm³/mol. The Balaban J connectivity index is 1.76. The fourth-order valence-corrected chi connectivity index (χ4v) is 3.11. The number of benzene rings is 2. The Labute approximate surface area is 173 Å². The number of nitrogens with zero attached hydrogens (tertiary/aromatic N) is 4. The van der Waals surface area contributed by atoms with Gasteiger partial charge in [0.05, 0.1) is 11.5 Å². The number of thiocarbonyl (C=S) groups is 1. The molecule has 150 valence electrons. The van der Waals surface area contributed by atoms with Crippen molar-refractivity contribution in [2.45, 2.75) is 33.4 Å². The van der Waals surface area contributed by atoms with Gasteiger partial charge in [-0.15, -0.1) is 10.2 Å². The van der Waals surface area contributed by atoms with Gasteiger partial charge in [-0.05, 0) is 50.7 Å². The normalized spacial score (nSPS) is 10.8. The van der Waals surface area contributed by atoms with Gasteiger partial charge in [-0.25, -0.2) is 0 Å². The van der Waals surface area contributed by atoms with Crippen LogP contribution in [0.2, 0.25) is 0 Å². The van der Waals surface area contributed by atoms with Crippen molar-refractivity contribution in [3.8, 4) is 11.5 Å². The van der Waals surface area contributed by atoms with Gasteiger partial charge >= 0.3 is 0 Å². The summed E-state index contributed by atoms with van der Waals surface area (Å²) in [5.74, 6) is 0.597. The highest BCUT2D eigenvalue weighted by molar-refractivity contribution is 7.80. The van der Waals surface area contributed by atoms with Crippen LogP contribution in [0.3, 0.4) is 0 Å². The van der Waals surface area contributed by atoms with Crippen LogP contribution in [0.4, 0.5) is 11.4 Å². The van der Waals surface area contributed by atoms with E-state index >= 15 is 0 Å². The lowest BCUT2D eigenvalue weighted by molar-refractivity contribution is -0.384. The van der Waals surface area contributed by atoms with E-state index in [1.807, 2.05) is 49.9 Å². The molecule has 0 saturated heterocycles. The quantitative estimate of drug-likeness (QED) is 0.358. The minimum atomic E-state index is -0.461. The summed E-state index contributed by atoms with van der Waals surface area (Å²) in [5, 5.41) is 22.9. The Morgan fingerprint density at radius 1 is 1.24 bits per heavy atom. The molecule has 1 N–H and O–H groups in total. The molecule has 0 aliphatic heterocycles. The van der Waals surface area contributed by atoms with Crippen molar-refractivity contribution < 1.29 is 9.34 Å². The van der Waals surface area contributed by atoms with E-state index in [0.717, 1.165) is 11.3 Å². The van der Waals surface area contributed by atoms with E-state index in [-0.39, 0.29) is 17.6 Å². The number of nitro groups is 1. The monoisotopic (exact) mass is 411 g/mol. The summed E-state index contributed by atoms with van der Waals surface area (Å²) in [6, 6.07) is 14.1. The minimum Gasteiger partial charge on any atom is -0.419 e. The number of hydrogen-bond donors (Lipinski definition) is 1. The SMILES string of the molecule is Cc1ccccc1NC(=S)N(Cc1nnc(-c2cccc([N+](=O)[O-])c2)o1)C(C)C. The zero-order chi connectivity index (χ0) is 21.0. The summed E-state index contributed by atoms with van der Waals surface area (Å²) in [6.45, 7) is 6.36. The van der Waals surface area contributed by atoms with E-state index in [9.17, 15) is 10.1 Å². The van der Waals surface area contributed by atoms with Crippen LogP contribution >= 0.6 is 12.2 Å². The third-order valence-electron chi connectivity index (χ3n) is 4.35. The van der Waals surface area contributed by atoms with Crippen LogP contribution in [0.5, 0.6) is 0 Å². The van der Waals surface area contributed by atoms with Gasteiger partial charge in [-0.1, -0.05) is 24.3 Å². The molecule has 3 rings (SSSR count). The molecular formula is C20H21N5O3S. The molecule has 1 aromatic heterocycles. The molecule has 0 fully saturated rings. The number of nitrogens with one attached hydrogen (secondary N) is 1. The first-order chi connectivity index (χ1) is 13.8. The second-order valence-corrected chi connectivity index (χ2v) is 7.16. The molecular weight excluding hydrogens is 390 g/mol. The van der Waals surface area contributed by atoms with E-state index in [2.05, 4.69) is 15.5 Å². The maximum atomic E-state index is 11.0. The zero-order valence-corrected chi connectivity index (χ0v) is 17.1. The van der Waals surface area contributed by atoms with E-state index < -0.39 is 4.92 Å². The number of anilines is 1. The maximum Gasteiger partial charge on any atom is 0.270 e. The van der Waals surface area contributed by atoms with Crippen LogP contribution in [-0.2, 0) is 6.54 Å².